The summed E-state index contributed by atoms with van der Waals surface area (Å²) in [6.07, 6.45) is 1.86. The fraction of sp³-hybridized carbons (Fsp3) is 0.400. The molecule has 0 unspecified atom stereocenters. The number of nitrogens with one attached hydrogen (secondary N) is 1. The van der Waals surface area contributed by atoms with Gasteiger partial charge in [0.15, 0.2) is 5.13 Å². The summed E-state index contributed by atoms with van der Waals surface area (Å²) in [6, 6.07) is 0. The Morgan fingerprint density at radius 2 is 2.13 bits per heavy atom. The van der Waals surface area contributed by atoms with Crippen molar-refractivity contribution in [3.8, 4) is 0 Å². The van der Waals surface area contributed by atoms with Gasteiger partial charge in [-0.2, -0.15) is 13.2 Å². The molecule has 0 saturated heterocycles. The quantitative estimate of drug-likeness (QED) is 0.860. The number of hydrogen-bond donors (Lipinski definition) is 1. The molecule has 0 amide bonds. The molecular formula is C5H5F3N2O2S3. The lowest BCUT2D eigenvalue weighted by atomic mass is 11.0. The minimum Gasteiger partial charge on any atom is -0.259 e. The van der Waals surface area contributed by atoms with Crippen LogP contribution >= 0.6 is 23.1 Å². The topological polar surface area (TPSA) is 59.1 Å². The van der Waals surface area contributed by atoms with Crippen LogP contribution in [0.2, 0.25) is 0 Å². The summed E-state index contributed by atoms with van der Waals surface area (Å²) >= 11 is 0.297. The van der Waals surface area contributed by atoms with Crippen molar-refractivity contribution in [1.29, 1.82) is 0 Å². The first kappa shape index (κ1) is 12.6. The number of thioether (sulfide) groups is 1. The van der Waals surface area contributed by atoms with Crippen LogP contribution in [0.3, 0.4) is 0 Å². The highest BCUT2D eigenvalue weighted by Crippen LogP contribution is 2.40. The summed E-state index contributed by atoms with van der Waals surface area (Å²) in [6.45, 7) is 0. The lowest BCUT2D eigenvalue weighted by Crippen LogP contribution is -2.08. The summed E-state index contributed by atoms with van der Waals surface area (Å²) in [5, 5.41) is -0.0794. The second kappa shape index (κ2) is 4.18. The van der Waals surface area contributed by atoms with Crippen LogP contribution in [0.5, 0.6) is 0 Å². The van der Waals surface area contributed by atoms with Crippen LogP contribution in [0.15, 0.2) is 10.4 Å². The second-order valence-electron chi connectivity index (χ2n) is 2.41. The van der Waals surface area contributed by atoms with E-state index in [1.807, 2.05) is 4.72 Å². The van der Waals surface area contributed by atoms with Gasteiger partial charge in [0.25, 0.3) is 0 Å². The predicted octanol–water partition coefficient (Wildman–Crippen LogP) is 2.13. The van der Waals surface area contributed by atoms with Crippen LogP contribution in [0, 0.1) is 0 Å². The Hall–Kier alpha value is -0.480. The third-order valence-corrected chi connectivity index (χ3v) is 3.41. The van der Waals surface area contributed by atoms with Crippen LogP contribution in [-0.4, -0.2) is 25.2 Å². The Morgan fingerprint density at radius 1 is 1.53 bits per heavy atom. The van der Waals surface area contributed by atoms with E-state index in [0.717, 1.165) is 12.5 Å². The van der Waals surface area contributed by atoms with Crippen molar-refractivity contribution >= 4 is 38.3 Å². The molecule has 0 saturated carbocycles. The molecule has 15 heavy (non-hydrogen) atoms. The van der Waals surface area contributed by atoms with Crippen LogP contribution < -0.4 is 4.72 Å². The third kappa shape index (κ3) is 5.23. The number of aromatic nitrogens is 1. The predicted molar refractivity (Wildman–Crippen MR) is 52.5 cm³/mol. The minimum absolute atomic E-state index is 0.0794. The molecule has 1 aromatic rings. The van der Waals surface area contributed by atoms with Crippen molar-refractivity contribution in [2.24, 2.45) is 0 Å². The Bertz CT molecular complexity index is 439. The van der Waals surface area contributed by atoms with E-state index in [4.69, 9.17) is 0 Å². The maximum atomic E-state index is 11.9. The zero-order valence-electron chi connectivity index (χ0n) is 7.20. The number of hydrogen-bond acceptors (Lipinski definition) is 5. The second-order valence-corrected chi connectivity index (χ2v) is 6.55. The first-order valence-corrected chi connectivity index (χ1v) is 6.87. The van der Waals surface area contributed by atoms with E-state index in [2.05, 4.69) is 4.98 Å². The standard InChI is InChI=1S/C5H5F3N2O2S3/c1-15(11,12)10-4-9-2-3(13-4)14-5(6,7)8/h2H,1H3,(H,9,10). The molecule has 86 valence electrons. The molecule has 1 rings (SSSR count). The number of halogens is 3. The first-order chi connectivity index (χ1) is 6.66. The number of rotatable bonds is 3. The Labute approximate surface area is 92.0 Å². The fourth-order valence-corrected chi connectivity index (χ4v) is 3.04. The summed E-state index contributed by atoms with van der Waals surface area (Å²) in [4.78, 5) is 3.49. The van der Waals surface area contributed by atoms with Gasteiger partial charge in [0.2, 0.25) is 10.0 Å². The molecule has 0 fully saturated rings. The smallest absolute Gasteiger partial charge is 0.259 e. The van der Waals surface area contributed by atoms with E-state index in [9.17, 15) is 21.6 Å². The van der Waals surface area contributed by atoms with Gasteiger partial charge in [-0.3, -0.25) is 4.72 Å². The number of sulfonamides is 1. The van der Waals surface area contributed by atoms with E-state index in [0.29, 0.717) is 11.3 Å². The molecule has 0 aliphatic rings. The first-order valence-electron chi connectivity index (χ1n) is 3.35. The van der Waals surface area contributed by atoms with Gasteiger partial charge in [-0.25, -0.2) is 13.4 Å². The molecule has 1 aromatic heterocycles. The van der Waals surface area contributed by atoms with Gasteiger partial charge >= 0.3 is 5.51 Å². The van der Waals surface area contributed by atoms with Crippen molar-refractivity contribution in [3.05, 3.63) is 6.20 Å². The molecule has 0 spiro atoms. The maximum Gasteiger partial charge on any atom is 0.447 e. The van der Waals surface area contributed by atoms with Gasteiger partial charge in [-0.05, 0) is 11.8 Å². The molecule has 0 aliphatic carbocycles. The normalized spacial score (nSPS) is 12.8. The molecule has 0 atom stereocenters. The van der Waals surface area contributed by atoms with E-state index in [1.165, 1.54) is 0 Å². The van der Waals surface area contributed by atoms with Crippen molar-refractivity contribution < 1.29 is 21.6 Å². The van der Waals surface area contributed by atoms with Crippen LogP contribution in [-0.2, 0) is 10.0 Å². The molecule has 0 aliphatic heterocycles. The Balaban J connectivity index is 2.73. The van der Waals surface area contributed by atoms with Gasteiger partial charge in [-0.15, -0.1) is 0 Å². The molecule has 1 N–H and O–H groups in total. The fourth-order valence-electron chi connectivity index (χ4n) is 0.626. The van der Waals surface area contributed by atoms with Gasteiger partial charge in [0.05, 0.1) is 16.7 Å². The molecule has 0 radical (unpaired) electrons. The minimum atomic E-state index is -4.39. The molecule has 0 aromatic carbocycles. The van der Waals surface area contributed by atoms with Gasteiger partial charge in [-0.1, -0.05) is 11.3 Å². The highest BCUT2D eigenvalue weighted by atomic mass is 32.2. The van der Waals surface area contributed by atoms with Gasteiger partial charge in [0, 0.05) is 0 Å². The van der Waals surface area contributed by atoms with E-state index < -0.39 is 15.5 Å². The number of anilines is 1. The molecular weight excluding hydrogens is 273 g/mol. The number of thiazole rings is 1. The van der Waals surface area contributed by atoms with Crippen molar-refractivity contribution in [1.82, 2.24) is 4.98 Å². The van der Waals surface area contributed by atoms with Crippen LogP contribution in [0.4, 0.5) is 18.3 Å². The van der Waals surface area contributed by atoms with Crippen LogP contribution in [0.25, 0.3) is 0 Å². The SMILES string of the molecule is CS(=O)(=O)Nc1ncc(SC(F)(F)F)s1. The van der Waals surface area contributed by atoms with Gasteiger partial charge in [0.1, 0.15) is 0 Å². The van der Waals surface area contributed by atoms with Crippen molar-refractivity contribution in [2.45, 2.75) is 9.72 Å². The number of alkyl halides is 3. The summed E-state index contributed by atoms with van der Waals surface area (Å²) < 4.78 is 59.0. The largest absolute Gasteiger partial charge is 0.447 e. The molecule has 4 nitrogen and oxygen atoms in total. The zero-order chi connectivity index (χ0) is 11.7. The lowest BCUT2D eigenvalue weighted by molar-refractivity contribution is -0.0327. The summed E-state index contributed by atoms with van der Waals surface area (Å²) in [5.41, 5.74) is -4.39. The highest BCUT2D eigenvalue weighted by Gasteiger charge is 2.30. The third-order valence-electron chi connectivity index (χ3n) is 0.974. The number of nitrogens with zero attached hydrogens (tertiary/aromatic N) is 1. The Morgan fingerprint density at radius 3 is 2.60 bits per heavy atom. The molecule has 0 bridgehead atoms. The van der Waals surface area contributed by atoms with Crippen molar-refractivity contribution in [2.75, 3.05) is 11.0 Å². The average Bonchev–Trinajstić information content (AvgIpc) is 2.28. The summed E-state index contributed by atoms with van der Waals surface area (Å²) in [7, 11) is -3.50. The van der Waals surface area contributed by atoms with Gasteiger partial charge < -0.3 is 0 Å². The lowest BCUT2D eigenvalue weighted by Gasteiger charge is -2.00. The zero-order valence-corrected chi connectivity index (χ0v) is 9.65. The highest BCUT2D eigenvalue weighted by molar-refractivity contribution is 8.02. The monoisotopic (exact) mass is 278 g/mol. The molecule has 10 heteroatoms. The van der Waals surface area contributed by atoms with Crippen LogP contribution in [0.1, 0.15) is 0 Å². The summed E-state index contributed by atoms with van der Waals surface area (Å²) in [5.74, 6) is 0. The van der Waals surface area contributed by atoms with E-state index in [1.54, 1.807) is 0 Å². The average molecular weight is 278 g/mol. The van der Waals surface area contributed by atoms with E-state index in [-0.39, 0.29) is 21.1 Å². The Kier molecular flexibility index (Phi) is 3.51. The molecule has 1 heterocycles. The van der Waals surface area contributed by atoms with Crippen molar-refractivity contribution in [3.63, 3.8) is 0 Å². The van der Waals surface area contributed by atoms with E-state index >= 15 is 0 Å². The maximum absolute atomic E-state index is 11.9.